The lowest BCUT2D eigenvalue weighted by Crippen LogP contribution is -2.41. The highest BCUT2D eigenvalue weighted by atomic mass is 16.6. The molecule has 0 saturated heterocycles. The number of para-hydroxylation sites is 1. The summed E-state index contributed by atoms with van der Waals surface area (Å²) in [4.78, 5) is 31.8. The minimum absolute atomic E-state index is 0.223. The predicted octanol–water partition coefficient (Wildman–Crippen LogP) is 4.86. The number of carbonyl (C=O) groups is 2. The van der Waals surface area contributed by atoms with Crippen LogP contribution >= 0.6 is 0 Å². The van der Waals surface area contributed by atoms with Crippen LogP contribution < -0.4 is 14.8 Å². The molecule has 39 heavy (non-hydrogen) atoms. The van der Waals surface area contributed by atoms with E-state index in [1.165, 1.54) is 6.26 Å². The van der Waals surface area contributed by atoms with Gasteiger partial charge in [0.15, 0.2) is 5.75 Å². The SMILES string of the molecule is O=C(O)CC(c1coc2c1C=CCO2)N1CCc2cc(Oc3cccc4c3nc3n4CCCN3)ccc2C1=O. The zero-order chi connectivity index (χ0) is 26.5. The lowest BCUT2D eigenvalue weighted by Gasteiger charge is -2.35. The lowest BCUT2D eigenvalue weighted by atomic mass is 9.93. The number of nitrogens with one attached hydrogen (secondary N) is 1. The topological polar surface area (TPSA) is 119 Å². The molecule has 4 aromatic rings. The molecule has 5 heterocycles. The fourth-order valence-corrected chi connectivity index (χ4v) is 5.71. The summed E-state index contributed by atoms with van der Waals surface area (Å²) in [5.74, 6) is 1.25. The zero-order valence-corrected chi connectivity index (χ0v) is 21.1. The maximum Gasteiger partial charge on any atom is 0.305 e. The summed E-state index contributed by atoms with van der Waals surface area (Å²) < 4.78 is 19.5. The molecule has 0 bridgehead atoms. The van der Waals surface area contributed by atoms with Crippen LogP contribution in [0.3, 0.4) is 0 Å². The maximum atomic E-state index is 13.7. The number of aromatic nitrogens is 2. The number of ether oxygens (including phenoxy) is 2. The maximum absolute atomic E-state index is 13.7. The van der Waals surface area contributed by atoms with Crippen LogP contribution in [0.15, 0.2) is 53.2 Å². The van der Waals surface area contributed by atoms with Gasteiger partial charge in [-0.2, -0.15) is 0 Å². The van der Waals surface area contributed by atoms with Crippen LogP contribution in [0, 0.1) is 0 Å². The molecule has 0 aliphatic carbocycles. The van der Waals surface area contributed by atoms with E-state index in [4.69, 9.17) is 18.9 Å². The van der Waals surface area contributed by atoms with E-state index < -0.39 is 12.0 Å². The standard InChI is InChI=1S/C29H26N4O6/c34-25(35)15-23(21-16-38-28-20(21)4-2-13-37-28)32-12-9-17-14-18(7-8-19(17)27(32)36)39-24-6-1-5-22-26(24)31-29-30-10-3-11-33(22)29/h1-2,4-8,14,16,23H,3,9-13,15H2,(H,30,31)(H,34,35). The van der Waals surface area contributed by atoms with Crippen LogP contribution in [0.1, 0.15) is 45.9 Å². The van der Waals surface area contributed by atoms with E-state index in [1.54, 1.807) is 17.0 Å². The number of rotatable bonds is 6. The van der Waals surface area contributed by atoms with Crippen LogP contribution in [0.5, 0.6) is 17.4 Å². The van der Waals surface area contributed by atoms with Crippen LogP contribution in [0.25, 0.3) is 17.1 Å². The number of carboxylic acids is 1. The quantitative estimate of drug-likeness (QED) is 0.366. The molecule has 2 aromatic carbocycles. The van der Waals surface area contributed by atoms with Crippen molar-refractivity contribution in [3.05, 3.63) is 71.0 Å². The smallest absolute Gasteiger partial charge is 0.305 e. The summed E-state index contributed by atoms with van der Waals surface area (Å²) >= 11 is 0. The minimum Gasteiger partial charge on any atom is -0.481 e. The molecule has 10 heteroatoms. The molecule has 0 spiro atoms. The third-order valence-corrected chi connectivity index (χ3v) is 7.52. The highest BCUT2D eigenvalue weighted by Crippen LogP contribution is 2.40. The molecule has 2 aromatic heterocycles. The Hall–Kier alpha value is -4.73. The Morgan fingerprint density at radius 3 is 3.05 bits per heavy atom. The Balaban J connectivity index is 1.17. The number of hydrogen-bond donors (Lipinski definition) is 2. The number of aliphatic carboxylic acids is 1. The van der Waals surface area contributed by atoms with Gasteiger partial charge in [0.1, 0.15) is 24.1 Å². The Labute approximate surface area is 223 Å². The second-order valence-corrected chi connectivity index (χ2v) is 9.88. The van der Waals surface area contributed by atoms with Crippen molar-refractivity contribution in [1.29, 1.82) is 0 Å². The summed E-state index contributed by atoms with van der Waals surface area (Å²) in [6, 6.07) is 10.6. The van der Waals surface area contributed by atoms with E-state index in [-0.39, 0.29) is 12.3 Å². The van der Waals surface area contributed by atoms with Gasteiger partial charge in [-0.05, 0) is 60.9 Å². The zero-order valence-electron chi connectivity index (χ0n) is 21.1. The number of carbonyl (C=O) groups excluding carboxylic acids is 1. The lowest BCUT2D eigenvalue weighted by molar-refractivity contribution is -0.138. The Morgan fingerprint density at radius 2 is 2.15 bits per heavy atom. The number of hydrogen-bond acceptors (Lipinski definition) is 7. The van der Waals surface area contributed by atoms with Crippen molar-refractivity contribution in [3.63, 3.8) is 0 Å². The van der Waals surface area contributed by atoms with Gasteiger partial charge in [0.05, 0.1) is 23.5 Å². The van der Waals surface area contributed by atoms with Gasteiger partial charge in [-0.3, -0.25) is 9.59 Å². The fourth-order valence-electron chi connectivity index (χ4n) is 5.71. The largest absolute Gasteiger partial charge is 0.481 e. The van der Waals surface area contributed by atoms with E-state index >= 15 is 0 Å². The molecule has 0 radical (unpaired) electrons. The molecule has 3 aliphatic rings. The molecule has 198 valence electrons. The summed E-state index contributed by atoms with van der Waals surface area (Å²) in [5.41, 5.74) is 4.52. The number of carboxylic acid groups (broad SMARTS) is 1. The van der Waals surface area contributed by atoms with Gasteiger partial charge in [0.2, 0.25) is 5.95 Å². The monoisotopic (exact) mass is 526 g/mol. The first kappa shape index (κ1) is 23.4. The molecule has 1 unspecified atom stereocenters. The van der Waals surface area contributed by atoms with Crippen molar-refractivity contribution in [3.8, 4) is 17.4 Å². The second-order valence-electron chi connectivity index (χ2n) is 9.88. The summed E-state index contributed by atoms with van der Waals surface area (Å²) in [7, 11) is 0. The number of imidazole rings is 1. The minimum atomic E-state index is -0.997. The number of benzene rings is 2. The summed E-state index contributed by atoms with van der Waals surface area (Å²) in [6.45, 7) is 2.56. The molecule has 2 N–H and O–H groups in total. The van der Waals surface area contributed by atoms with Crippen molar-refractivity contribution in [1.82, 2.24) is 14.5 Å². The summed E-state index contributed by atoms with van der Waals surface area (Å²) in [5, 5.41) is 13.0. The number of furan rings is 1. The van der Waals surface area contributed by atoms with Crippen molar-refractivity contribution < 1.29 is 28.6 Å². The molecule has 0 fully saturated rings. The number of anilines is 1. The van der Waals surface area contributed by atoms with Crippen LogP contribution in [0.2, 0.25) is 0 Å². The third-order valence-electron chi connectivity index (χ3n) is 7.52. The number of fused-ring (bicyclic) bond motifs is 5. The first-order valence-corrected chi connectivity index (χ1v) is 13.0. The molecule has 7 rings (SSSR count). The normalized spacial score (nSPS) is 16.6. The molecule has 1 atom stereocenters. The molecule has 10 nitrogen and oxygen atoms in total. The van der Waals surface area contributed by atoms with Crippen molar-refractivity contribution in [2.45, 2.75) is 31.8 Å². The Morgan fingerprint density at radius 1 is 1.23 bits per heavy atom. The van der Waals surface area contributed by atoms with Gasteiger partial charge in [0, 0.05) is 30.8 Å². The van der Waals surface area contributed by atoms with Gasteiger partial charge in [-0.15, -0.1) is 0 Å². The van der Waals surface area contributed by atoms with Gasteiger partial charge in [0.25, 0.3) is 11.9 Å². The number of amides is 1. The average Bonchev–Trinajstić information content (AvgIpc) is 3.55. The van der Waals surface area contributed by atoms with Crippen LogP contribution in [-0.2, 0) is 17.8 Å². The molecule has 3 aliphatic heterocycles. The van der Waals surface area contributed by atoms with E-state index in [1.807, 2.05) is 36.4 Å². The first-order valence-electron chi connectivity index (χ1n) is 13.0. The first-order chi connectivity index (χ1) is 19.1. The van der Waals surface area contributed by atoms with Gasteiger partial charge in [-0.25, -0.2) is 4.98 Å². The third kappa shape index (κ3) is 3.99. The van der Waals surface area contributed by atoms with Gasteiger partial charge in [-0.1, -0.05) is 6.07 Å². The van der Waals surface area contributed by atoms with E-state index in [2.05, 4.69) is 9.88 Å². The Bertz CT molecular complexity index is 1650. The molecular formula is C29H26N4O6. The van der Waals surface area contributed by atoms with E-state index in [0.717, 1.165) is 42.1 Å². The van der Waals surface area contributed by atoms with E-state index in [0.29, 0.717) is 53.7 Å². The van der Waals surface area contributed by atoms with Gasteiger partial charge >= 0.3 is 5.97 Å². The van der Waals surface area contributed by atoms with E-state index in [9.17, 15) is 14.7 Å². The van der Waals surface area contributed by atoms with Crippen molar-refractivity contribution >= 4 is 34.9 Å². The second kappa shape index (κ2) is 9.23. The highest BCUT2D eigenvalue weighted by Gasteiger charge is 2.35. The summed E-state index contributed by atoms with van der Waals surface area (Å²) in [6.07, 6.45) is 6.55. The number of nitrogens with zero attached hydrogens (tertiary/aromatic N) is 3. The van der Waals surface area contributed by atoms with Crippen LogP contribution in [0.4, 0.5) is 5.95 Å². The molecule has 0 saturated carbocycles. The highest BCUT2D eigenvalue weighted by molar-refractivity contribution is 5.97. The Kier molecular flexibility index (Phi) is 5.54. The number of aryl methyl sites for hydroxylation is 1. The average molecular weight is 527 g/mol. The van der Waals surface area contributed by atoms with Crippen molar-refractivity contribution in [2.24, 2.45) is 0 Å². The molecule has 1 amide bonds. The molecular weight excluding hydrogens is 500 g/mol. The van der Waals surface area contributed by atoms with Gasteiger partial charge < -0.3 is 33.8 Å². The van der Waals surface area contributed by atoms with Crippen LogP contribution in [-0.4, -0.2) is 51.1 Å². The predicted molar refractivity (Wildman–Crippen MR) is 142 cm³/mol. The van der Waals surface area contributed by atoms with Crippen molar-refractivity contribution in [2.75, 3.05) is 25.0 Å². The fraction of sp³-hybridized carbons (Fsp3) is 0.276.